The molecule has 0 saturated heterocycles. The van der Waals surface area contributed by atoms with E-state index in [1.54, 1.807) is 18.2 Å². The van der Waals surface area contributed by atoms with Crippen LogP contribution in [0.1, 0.15) is 0 Å². The summed E-state index contributed by atoms with van der Waals surface area (Å²) in [5.41, 5.74) is 0.349. The largest absolute Gasteiger partial charge is 0.273 e. The Labute approximate surface area is 107 Å². The molecule has 0 atom stereocenters. The topological polar surface area (TPSA) is 102 Å². The molecule has 0 radical (unpaired) electrons. The second-order valence-corrected chi connectivity index (χ2v) is 5.40. The van der Waals surface area contributed by atoms with Gasteiger partial charge in [0.05, 0.1) is 15.6 Å². The maximum absolute atomic E-state index is 11.0. The van der Waals surface area contributed by atoms with Gasteiger partial charge in [-0.25, -0.2) is 18.7 Å². The summed E-state index contributed by atoms with van der Waals surface area (Å²) in [4.78, 5) is 3.72. The summed E-state index contributed by atoms with van der Waals surface area (Å²) < 4.78 is 22.1. The van der Waals surface area contributed by atoms with Gasteiger partial charge in [0, 0.05) is 0 Å². The van der Waals surface area contributed by atoms with Gasteiger partial charge in [0.2, 0.25) is 0 Å². The number of nitrogens with one attached hydrogen (secondary N) is 1. The Balaban J connectivity index is 2.59. The van der Waals surface area contributed by atoms with Crippen LogP contribution < -0.4 is 5.14 Å². The maximum atomic E-state index is 11.0. The van der Waals surface area contributed by atoms with Crippen LogP contribution in [0.5, 0.6) is 0 Å². The molecule has 3 N–H and O–H groups in total. The lowest BCUT2D eigenvalue weighted by Gasteiger charge is -2.00. The smallest absolute Gasteiger partial charge is 0.248 e. The van der Waals surface area contributed by atoms with Crippen molar-refractivity contribution in [2.75, 3.05) is 0 Å². The summed E-state index contributed by atoms with van der Waals surface area (Å²) in [7, 11) is -3.93. The van der Waals surface area contributed by atoms with E-state index in [4.69, 9.17) is 28.3 Å². The van der Waals surface area contributed by atoms with E-state index in [2.05, 4.69) is 15.2 Å². The molecular weight excluding hydrogens is 287 g/mol. The van der Waals surface area contributed by atoms with E-state index in [1.165, 1.54) is 0 Å². The number of rotatable bonds is 2. The number of halogens is 2. The van der Waals surface area contributed by atoms with Crippen molar-refractivity contribution >= 4 is 33.2 Å². The molecule has 0 amide bonds. The number of H-pyrrole nitrogens is 1. The molecule has 0 unspecified atom stereocenters. The fourth-order valence-corrected chi connectivity index (χ4v) is 2.15. The minimum atomic E-state index is -3.93. The van der Waals surface area contributed by atoms with Crippen molar-refractivity contribution in [3.63, 3.8) is 0 Å². The van der Waals surface area contributed by atoms with Crippen molar-refractivity contribution in [3.8, 4) is 11.4 Å². The van der Waals surface area contributed by atoms with Crippen molar-refractivity contribution in [1.29, 1.82) is 0 Å². The third-order valence-electron chi connectivity index (χ3n) is 1.92. The van der Waals surface area contributed by atoms with Gasteiger partial charge < -0.3 is 0 Å². The first-order valence-electron chi connectivity index (χ1n) is 4.29. The Morgan fingerprint density at radius 1 is 1.24 bits per heavy atom. The fourth-order valence-electron chi connectivity index (χ4n) is 1.20. The number of nitrogens with zero attached hydrogens (tertiary/aromatic N) is 2. The van der Waals surface area contributed by atoms with E-state index < -0.39 is 15.2 Å². The first-order chi connectivity index (χ1) is 7.89. The number of aromatic amines is 1. The average molecular weight is 293 g/mol. The molecule has 17 heavy (non-hydrogen) atoms. The van der Waals surface area contributed by atoms with Gasteiger partial charge in [-0.15, -0.1) is 0 Å². The van der Waals surface area contributed by atoms with E-state index in [0.717, 1.165) is 0 Å². The van der Waals surface area contributed by atoms with Crippen molar-refractivity contribution in [2.24, 2.45) is 5.14 Å². The average Bonchev–Trinajstić information content (AvgIpc) is 2.65. The normalized spacial score (nSPS) is 11.7. The molecule has 0 spiro atoms. The zero-order valence-electron chi connectivity index (χ0n) is 8.18. The third kappa shape index (κ3) is 2.42. The lowest BCUT2D eigenvalue weighted by atomic mass is 10.2. The van der Waals surface area contributed by atoms with E-state index >= 15 is 0 Å². The number of primary sulfonamides is 1. The summed E-state index contributed by atoms with van der Waals surface area (Å²) in [5, 5.41) is 11.0. The van der Waals surface area contributed by atoms with Crippen LogP contribution in [0.2, 0.25) is 10.0 Å². The van der Waals surface area contributed by atoms with Gasteiger partial charge in [0.15, 0.2) is 5.82 Å². The Morgan fingerprint density at radius 2 is 1.82 bits per heavy atom. The predicted octanol–water partition coefficient (Wildman–Crippen LogP) is 1.43. The quantitative estimate of drug-likeness (QED) is 0.874. The number of hydrogen-bond donors (Lipinski definition) is 2. The van der Waals surface area contributed by atoms with Crippen molar-refractivity contribution in [2.45, 2.75) is 5.16 Å². The SMILES string of the molecule is NS(=O)(=O)c1nc(-c2c(Cl)cccc2Cl)n[nH]1. The number of hydrogen-bond acceptors (Lipinski definition) is 4. The highest BCUT2D eigenvalue weighted by Crippen LogP contribution is 2.32. The molecule has 0 fully saturated rings. The van der Waals surface area contributed by atoms with Crippen LogP contribution in [-0.2, 0) is 10.0 Å². The lowest BCUT2D eigenvalue weighted by Crippen LogP contribution is -2.13. The summed E-state index contributed by atoms with van der Waals surface area (Å²) >= 11 is 11.9. The van der Waals surface area contributed by atoms with Crippen LogP contribution in [0.4, 0.5) is 0 Å². The molecule has 90 valence electrons. The first kappa shape index (κ1) is 12.3. The molecule has 1 heterocycles. The molecule has 0 aliphatic rings. The van der Waals surface area contributed by atoms with Gasteiger partial charge >= 0.3 is 0 Å². The van der Waals surface area contributed by atoms with Gasteiger partial charge in [-0.2, -0.15) is 10.1 Å². The third-order valence-corrected chi connectivity index (χ3v) is 3.27. The standard InChI is InChI=1S/C8H6Cl2N4O2S/c9-4-2-1-3-5(10)6(4)7-12-8(14-13-7)17(11,15)16/h1-3H,(H2,11,15,16)(H,12,13,14). The van der Waals surface area contributed by atoms with Crippen LogP contribution in [0.15, 0.2) is 23.4 Å². The van der Waals surface area contributed by atoms with E-state index in [9.17, 15) is 8.42 Å². The summed E-state index contributed by atoms with van der Waals surface area (Å²) in [6.07, 6.45) is 0. The zero-order valence-corrected chi connectivity index (χ0v) is 10.5. The first-order valence-corrected chi connectivity index (χ1v) is 6.59. The van der Waals surface area contributed by atoms with Crippen LogP contribution in [0, 0.1) is 0 Å². The minimum absolute atomic E-state index is 0.0737. The molecule has 0 aliphatic heterocycles. The lowest BCUT2D eigenvalue weighted by molar-refractivity contribution is 0.589. The van der Waals surface area contributed by atoms with Crippen molar-refractivity contribution < 1.29 is 8.42 Å². The molecule has 0 saturated carbocycles. The van der Waals surface area contributed by atoms with Gasteiger partial charge in [0.25, 0.3) is 15.2 Å². The Morgan fingerprint density at radius 3 is 2.29 bits per heavy atom. The highest BCUT2D eigenvalue weighted by atomic mass is 35.5. The molecule has 2 rings (SSSR count). The molecule has 2 aromatic rings. The Hall–Kier alpha value is -1.15. The second kappa shape index (κ2) is 4.26. The monoisotopic (exact) mass is 292 g/mol. The van der Waals surface area contributed by atoms with Crippen LogP contribution in [0.3, 0.4) is 0 Å². The number of aromatic nitrogens is 3. The molecule has 1 aromatic carbocycles. The van der Waals surface area contributed by atoms with Crippen molar-refractivity contribution in [1.82, 2.24) is 15.2 Å². The van der Waals surface area contributed by atoms with Gasteiger partial charge in [-0.3, -0.25) is 0 Å². The Bertz CT molecular complexity index is 648. The van der Waals surface area contributed by atoms with Gasteiger partial charge in [-0.05, 0) is 12.1 Å². The number of nitrogens with two attached hydrogens (primary N) is 1. The van der Waals surface area contributed by atoms with E-state index in [0.29, 0.717) is 15.6 Å². The second-order valence-electron chi connectivity index (χ2n) is 3.11. The van der Waals surface area contributed by atoms with Crippen LogP contribution in [-0.4, -0.2) is 23.6 Å². The molecule has 6 nitrogen and oxygen atoms in total. The van der Waals surface area contributed by atoms with Gasteiger partial charge in [-0.1, -0.05) is 29.3 Å². The van der Waals surface area contributed by atoms with E-state index in [-0.39, 0.29) is 5.82 Å². The molecule has 0 bridgehead atoms. The maximum Gasteiger partial charge on any atom is 0.273 e. The fraction of sp³-hybridized carbons (Fsp3) is 0. The molecule has 1 aromatic heterocycles. The highest BCUT2D eigenvalue weighted by Gasteiger charge is 2.18. The predicted molar refractivity (Wildman–Crippen MR) is 63.2 cm³/mol. The van der Waals surface area contributed by atoms with Crippen LogP contribution >= 0.6 is 23.2 Å². The minimum Gasteiger partial charge on any atom is -0.248 e. The zero-order chi connectivity index (χ0) is 12.6. The molecule has 0 aliphatic carbocycles. The van der Waals surface area contributed by atoms with Gasteiger partial charge in [0.1, 0.15) is 0 Å². The van der Waals surface area contributed by atoms with Crippen LogP contribution in [0.25, 0.3) is 11.4 Å². The summed E-state index contributed by atoms with van der Waals surface area (Å²) in [6.45, 7) is 0. The number of benzene rings is 1. The summed E-state index contributed by atoms with van der Waals surface area (Å²) in [5.74, 6) is 0.0737. The van der Waals surface area contributed by atoms with E-state index in [1.807, 2.05) is 0 Å². The number of sulfonamides is 1. The summed E-state index contributed by atoms with van der Waals surface area (Å²) in [6, 6.07) is 4.84. The molecule has 9 heteroatoms. The highest BCUT2D eigenvalue weighted by molar-refractivity contribution is 7.89. The Kier molecular flexibility index (Phi) is 3.09. The van der Waals surface area contributed by atoms with Crippen molar-refractivity contribution in [3.05, 3.63) is 28.2 Å². The molecular formula is C8H6Cl2N4O2S.